The molecule has 0 fully saturated rings. The summed E-state index contributed by atoms with van der Waals surface area (Å²) in [7, 11) is 0. The van der Waals surface area contributed by atoms with Crippen LogP contribution in [0.25, 0.3) is 11.3 Å². The van der Waals surface area contributed by atoms with Crippen molar-refractivity contribution in [1.82, 2.24) is 4.98 Å². The van der Waals surface area contributed by atoms with Crippen LogP contribution in [-0.2, 0) is 12.8 Å². The second-order valence-corrected chi connectivity index (χ2v) is 10.4. The molecule has 0 unspecified atom stereocenters. The van der Waals surface area contributed by atoms with E-state index in [1.165, 1.54) is 145 Å². The maximum atomic E-state index is 4.75. The van der Waals surface area contributed by atoms with Crippen molar-refractivity contribution in [2.24, 2.45) is 0 Å². The van der Waals surface area contributed by atoms with Crippen molar-refractivity contribution in [1.29, 1.82) is 0 Å². The summed E-state index contributed by atoms with van der Waals surface area (Å²) < 4.78 is 0. The van der Waals surface area contributed by atoms with E-state index in [9.17, 15) is 0 Å². The predicted octanol–water partition coefficient (Wildman–Crippen LogP) is 10.9. The van der Waals surface area contributed by atoms with Crippen LogP contribution in [0.4, 0.5) is 0 Å². The quantitative estimate of drug-likeness (QED) is 0.168. The van der Waals surface area contributed by atoms with Crippen molar-refractivity contribution in [2.75, 3.05) is 0 Å². The standard InChI is InChI=1S/C33H53N/c1-3-5-7-9-11-13-14-16-17-19-21-30-23-26-32(27-24-30)33-28-25-31(29-34-33)22-20-18-15-12-10-8-6-4-2/h23-29H,3-22H2,1-2H3. The van der Waals surface area contributed by atoms with Gasteiger partial charge in [0.15, 0.2) is 0 Å². The Hall–Kier alpha value is -1.63. The summed E-state index contributed by atoms with van der Waals surface area (Å²) in [5, 5.41) is 0. The van der Waals surface area contributed by atoms with Crippen LogP contribution < -0.4 is 0 Å². The Morgan fingerprint density at radius 3 is 1.29 bits per heavy atom. The third kappa shape index (κ3) is 13.3. The van der Waals surface area contributed by atoms with Crippen molar-refractivity contribution in [3.8, 4) is 11.3 Å². The first-order valence-electron chi connectivity index (χ1n) is 14.9. The molecule has 1 heterocycles. The van der Waals surface area contributed by atoms with Gasteiger partial charge in [-0.3, -0.25) is 4.98 Å². The smallest absolute Gasteiger partial charge is 0.0702 e. The maximum Gasteiger partial charge on any atom is 0.0702 e. The largest absolute Gasteiger partial charge is 0.256 e. The number of hydrogen-bond acceptors (Lipinski definition) is 1. The topological polar surface area (TPSA) is 12.9 Å². The first-order chi connectivity index (χ1) is 16.8. The number of hydrogen-bond donors (Lipinski definition) is 0. The van der Waals surface area contributed by atoms with Gasteiger partial charge in [-0.15, -0.1) is 0 Å². The highest BCUT2D eigenvalue weighted by atomic mass is 14.7. The second-order valence-electron chi connectivity index (χ2n) is 10.4. The van der Waals surface area contributed by atoms with E-state index in [4.69, 9.17) is 4.98 Å². The summed E-state index contributed by atoms with van der Waals surface area (Å²) in [6.07, 6.45) is 29.5. The number of aromatic nitrogens is 1. The molecule has 190 valence electrons. The van der Waals surface area contributed by atoms with Crippen LogP contribution >= 0.6 is 0 Å². The number of unbranched alkanes of at least 4 members (excludes halogenated alkanes) is 16. The van der Waals surface area contributed by atoms with Crippen molar-refractivity contribution < 1.29 is 0 Å². The molecule has 2 aromatic rings. The highest BCUT2D eigenvalue weighted by Crippen LogP contribution is 2.20. The molecule has 0 aliphatic heterocycles. The molecule has 1 heteroatoms. The average Bonchev–Trinajstić information content (AvgIpc) is 2.87. The summed E-state index contributed by atoms with van der Waals surface area (Å²) in [6.45, 7) is 4.58. The number of pyridine rings is 1. The van der Waals surface area contributed by atoms with Crippen molar-refractivity contribution in [2.45, 2.75) is 142 Å². The third-order valence-electron chi connectivity index (χ3n) is 7.21. The van der Waals surface area contributed by atoms with Crippen molar-refractivity contribution in [3.05, 3.63) is 53.7 Å². The van der Waals surface area contributed by atoms with E-state index >= 15 is 0 Å². The van der Waals surface area contributed by atoms with Crippen LogP contribution in [0.5, 0.6) is 0 Å². The highest BCUT2D eigenvalue weighted by Gasteiger charge is 2.02. The lowest BCUT2D eigenvalue weighted by Crippen LogP contribution is -1.91. The molecular weight excluding hydrogens is 410 g/mol. The minimum Gasteiger partial charge on any atom is -0.256 e. The van der Waals surface area contributed by atoms with Crippen molar-refractivity contribution in [3.63, 3.8) is 0 Å². The van der Waals surface area contributed by atoms with E-state index in [0.717, 1.165) is 5.69 Å². The Labute approximate surface area is 212 Å². The summed E-state index contributed by atoms with van der Waals surface area (Å²) in [4.78, 5) is 4.75. The van der Waals surface area contributed by atoms with Crippen LogP contribution in [-0.4, -0.2) is 4.98 Å². The Morgan fingerprint density at radius 1 is 0.441 bits per heavy atom. The van der Waals surface area contributed by atoms with Crippen LogP contribution in [0.2, 0.25) is 0 Å². The van der Waals surface area contributed by atoms with Gasteiger partial charge in [0.1, 0.15) is 0 Å². The van der Waals surface area contributed by atoms with Crippen LogP contribution in [0.1, 0.15) is 141 Å². The molecule has 0 N–H and O–H groups in total. The van der Waals surface area contributed by atoms with Gasteiger partial charge in [-0.1, -0.05) is 147 Å². The van der Waals surface area contributed by atoms with Crippen LogP contribution in [0.3, 0.4) is 0 Å². The number of rotatable bonds is 21. The maximum absolute atomic E-state index is 4.75. The first kappa shape index (κ1) is 28.6. The molecule has 0 spiro atoms. The molecule has 0 saturated heterocycles. The fourth-order valence-corrected chi connectivity index (χ4v) is 4.86. The minimum atomic E-state index is 1.10. The van der Waals surface area contributed by atoms with E-state index in [-0.39, 0.29) is 0 Å². The molecule has 2 rings (SSSR count). The lowest BCUT2D eigenvalue weighted by molar-refractivity contribution is 0.556. The summed E-state index contributed by atoms with van der Waals surface area (Å²) in [5.74, 6) is 0. The number of aryl methyl sites for hydroxylation is 2. The van der Waals surface area contributed by atoms with Gasteiger partial charge >= 0.3 is 0 Å². The zero-order valence-electron chi connectivity index (χ0n) is 22.6. The molecule has 0 amide bonds. The van der Waals surface area contributed by atoms with Gasteiger partial charge < -0.3 is 0 Å². The Kier molecular flexibility index (Phi) is 16.5. The molecule has 0 saturated carbocycles. The van der Waals surface area contributed by atoms with Gasteiger partial charge in [0.05, 0.1) is 5.69 Å². The second kappa shape index (κ2) is 19.7. The molecule has 34 heavy (non-hydrogen) atoms. The van der Waals surface area contributed by atoms with E-state index < -0.39 is 0 Å². The molecule has 1 aromatic heterocycles. The van der Waals surface area contributed by atoms with E-state index in [1.807, 2.05) is 0 Å². The van der Waals surface area contributed by atoms with Gasteiger partial charge in [-0.05, 0) is 42.9 Å². The lowest BCUT2D eigenvalue weighted by atomic mass is 10.0. The molecule has 0 aliphatic rings. The average molecular weight is 464 g/mol. The number of benzene rings is 1. The number of nitrogens with zero attached hydrogens (tertiary/aromatic N) is 1. The normalized spacial score (nSPS) is 11.2. The van der Waals surface area contributed by atoms with Gasteiger partial charge in [-0.2, -0.15) is 0 Å². The van der Waals surface area contributed by atoms with Crippen LogP contribution in [0, 0.1) is 0 Å². The molecule has 0 radical (unpaired) electrons. The minimum absolute atomic E-state index is 1.10. The molecular formula is C33H53N. The van der Waals surface area contributed by atoms with Gasteiger partial charge in [0.25, 0.3) is 0 Å². The van der Waals surface area contributed by atoms with Crippen LogP contribution in [0.15, 0.2) is 42.6 Å². The molecule has 1 nitrogen and oxygen atoms in total. The zero-order valence-corrected chi connectivity index (χ0v) is 22.6. The summed E-state index contributed by atoms with van der Waals surface area (Å²) >= 11 is 0. The SMILES string of the molecule is CCCCCCCCCCCCc1ccc(-c2ccc(CCCCCCCCCC)cn2)cc1. The third-order valence-corrected chi connectivity index (χ3v) is 7.21. The summed E-state index contributed by atoms with van der Waals surface area (Å²) in [6, 6.07) is 13.6. The lowest BCUT2D eigenvalue weighted by Gasteiger charge is -2.06. The first-order valence-corrected chi connectivity index (χ1v) is 14.9. The zero-order chi connectivity index (χ0) is 24.1. The fourth-order valence-electron chi connectivity index (χ4n) is 4.86. The van der Waals surface area contributed by atoms with E-state index in [0.29, 0.717) is 0 Å². The van der Waals surface area contributed by atoms with Gasteiger partial charge in [0, 0.05) is 11.8 Å². The Morgan fingerprint density at radius 2 is 0.853 bits per heavy atom. The van der Waals surface area contributed by atoms with Gasteiger partial charge in [-0.25, -0.2) is 0 Å². The Balaban J connectivity index is 1.56. The van der Waals surface area contributed by atoms with E-state index in [1.54, 1.807) is 0 Å². The van der Waals surface area contributed by atoms with E-state index in [2.05, 4.69) is 56.4 Å². The van der Waals surface area contributed by atoms with Gasteiger partial charge in [0.2, 0.25) is 0 Å². The van der Waals surface area contributed by atoms with Crippen molar-refractivity contribution >= 4 is 0 Å². The fraction of sp³-hybridized carbons (Fsp3) is 0.667. The molecule has 0 atom stereocenters. The molecule has 1 aromatic carbocycles. The summed E-state index contributed by atoms with van der Waals surface area (Å²) in [5.41, 5.74) is 5.19. The molecule has 0 aliphatic carbocycles. The Bertz CT molecular complexity index is 700. The molecule has 0 bridgehead atoms. The monoisotopic (exact) mass is 463 g/mol. The predicted molar refractivity (Wildman–Crippen MR) is 152 cm³/mol. The highest BCUT2D eigenvalue weighted by molar-refractivity contribution is 5.59.